The van der Waals surface area contributed by atoms with Gasteiger partial charge in [-0.15, -0.1) is 0 Å². The number of amides is 2. The van der Waals surface area contributed by atoms with Gasteiger partial charge in [0.1, 0.15) is 17.9 Å². The molecule has 0 saturated heterocycles. The predicted octanol–water partition coefficient (Wildman–Crippen LogP) is 1.43. The molecule has 0 radical (unpaired) electrons. The first-order chi connectivity index (χ1) is 11.5. The zero-order valence-electron chi connectivity index (χ0n) is 13.2. The molecule has 3 rings (SSSR count). The van der Waals surface area contributed by atoms with Gasteiger partial charge in [-0.2, -0.15) is 0 Å². The molecule has 1 aliphatic rings. The van der Waals surface area contributed by atoms with Gasteiger partial charge in [-0.1, -0.05) is 17.3 Å². The number of ether oxygens (including phenoxy) is 1. The topological polar surface area (TPSA) is 102 Å². The Bertz CT molecular complexity index is 807. The highest BCUT2D eigenvalue weighted by atomic mass is 16.5. The number of para-hydroxylation sites is 2. The van der Waals surface area contributed by atoms with Gasteiger partial charge >= 0.3 is 5.97 Å². The Hall–Kier alpha value is -3.16. The second-order valence-electron chi connectivity index (χ2n) is 5.32. The Morgan fingerprint density at radius 2 is 2.08 bits per heavy atom. The molecule has 0 aliphatic carbocycles. The molecule has 0 atom stereocenters. The monoisotopic (exact) mass is 329 g/mol. The summed E-state index contributed by atoms with van der Waals surface area (Å²) in [6.45, 7) is 2.59. The van der Waals surface area contributed by atoms with Gasteiger partial charge in [0.05, 0.1) is 17.1 Å². The fourth-order valence-corrected chi connectivity index (χ4v) is 2.51. The zero-order valence-corrected chi connectivity index (χ0v) is 13.2. The van der Waals surface area contributed by atoms with Crippen molar-refractivity contribution in [2.75, 3.05) is 23.4 Å². The van der Waals surface area contributed by atoms with Gasteiger partial charge < -0.3 is 14.6 Å². The molecule has 2 heterocycles. The molecule has 1 aromatic heterocycles. The number of nitrogens with one attached hydrogen (secondary N) is 1. The Morgan fingerprint density at radius 3 is 2.79 bits per heavy atom. The Balaban J connectivity index is 1.72. The summed E-state index contributed by atoms with van der Waals surface area (Å²) >= 11 is 0. The lowest BCUT2D eigenvalue weighted by atomic mass is 10.2. The summed E-state index contributed by atoms with van der Waals surface area (Å²) in [5.74, 6) is -1.15. The van der Waals surface area contributed by atoms with E-state index in [1.165, 1.54) is 4.90 Å². The number of hydrogen-bond donors (Lipinski definition) is 1. The van der Waals surface area contributed by atoms with E-state index in [2.05, 4.69) is 10.5 Å². The molecule has 0 spiro atoms. The van der Waals surface area contributed by atoms with Gasteiger partial charge in [-0.05, 0) is 26.0 Å². The number of carbonyl (C=O) groups is 3. The maximum atomic E-state index is 12.4. The quantitative estimate of drug-likeness (QED) is 0.855. The third-order valence-corrected chi connectivity index (χ3v) is 3.64. The van der Waals surface area contributed by atoms with Crippen molar-refractivity contribution in [3.8, 4) is 0 Å². The Kier molecular flexibility index (Phi) is 4.03. The van der Waals surface area contributed by atoms with Crippen LogP contribution >= 0.6 is 0 Å². The average molecular weight is 329 g/mol. The number of rotatable bonds is 3. The summed E-state index contributed by atoms with van der Waals surface area (Å²) in [4.78, 5) is 37.5. The van der Waals surface area contributed by atoms with Crippen LogP contribution < -0.4 is 10.2 Å². The summed E-state index contributed by atoms with van der Waals surface area (Å²) in [5, 5.41) is 6.36. The first-order valence-corrected chi connectivity index (χ1v) is 7.26. The van der Waals surface area contributed by atoms with E-state index in [1.54, 1.807) is 38.1 Å². The second-order valence-corrected chi connectivity index (χ2v) is 5.32. The van der Waals surface area contributed by atoms with E-state index in [-0.39, 0.29) is 18.0 Å². The Morgan fingerprint density at radius 1 is 1.33 bits per heavy atom. The van der Waals surface area contributed by atoms with E-state index in [9.17, 15) is 14.4 Å². The summed E-state index contributed by atoms with van der Waals surface area (Å²) in [6.07, 6.45) is 0. The van der Waals surface area contributed by atoms with Crippen LogP contribution in [-0.4, -0.2) is 36.1 Å². The number of aromatic nitrogens is 1. The van der Waals surface area contributed by atoms with Gasteiger partial charge in [0, 0.05) is 0 Å². The smallest absolute Gasteiger partial charge is 0.344 e. The fourth-order valence-electron chi connectivity index (χ4n) is 2.51. The van der Waals surface area contributed by atoms with Crippen LogP contribution in [0.5, 0.6) is 0 Å². The van der Waals surface area contributed by atoms with Crippen molar-refractivity contribution in [2.24, 2.45) is 0 Å². The summed E-state index contributed by atoms with van der Waals surface area (Å²) in [5.41, 5.74) is 1.71. The number of nitrogens with zero attached hydrogens (tertiary/aromatic N) is 2. The van der Waals surface area contributed by atoms with Crippen molar-refractivity contribution < 1.29 is 23.6 Å². The molecule has 24 heavy (non-hydrogen) atoms. The molecule has 124 valence electrons. The number of anilines is 2. The van der Waals surface area contributed by atoms with Crippen molar-refractivity contribution in [1.29, 1.82) is 0 Å². The lowest BCUT2D eigenvalue weighted by molar-refractivity contribution is -0.124. The lowest BCUT2D eigenvalue weighted by Crippen LogP contribution is -2.44. The van der Waals surface area contributed by atoms with Gasteiger partial charge in [-0.25, -0.2) is 4.79 Å². The maximum absolute atomic E-state index is 12.4. The Labute approximate surface area is 137 Å². The third kappa shape index (κ3) is 2.85. The molecule has 2 amide bonds. The van der Waals surface area contributed by atoms with Crippen LogP contribution in [0.1, 0.15) is 21.8 Å². The van der Waals surface area contributed by atoms with Gasteiger partial charge in [0.25, 0.3) is 5.91 Å². The number of benzene rings is 1. The molecule has 0 unspecified atom stereocenters. The van der Waals surface area contributed by atoms with Crippen molar-refractivity contribution in [3.63, 3.8) is 0 Å². The molecule has 1 aromatic carbocycles. The molecule has 0 bridgehead atoms. The maximum Gasteiger partial charge on any atom is 0.344 e. The lowest BCUT2D eigenvalue weighted by Gasteiger charge is -2.28. The number of fused-ring (bicyclic) bond motifs is 1. The van der Waals surface area contributed by atoms with Gasteiger partial charge in [0.15, 0.2) is 6.61 Å². The largest absolute Gasteiger partial charge is 0.452 e. The SMILES string of the molecule is Cc1noc(C)c1C(=O)OCC(=O)N1CC(=O)Nc2ccccc21. The number of aryl methyl sites for hydroxylation is 2. The minimum atomic E-state index is -0.686. The zero-order chi connectivity index (χ0) is 17.3. The highest BCUT2D eigenvalue weighted by Crippen LogP contribution is 2.28. The van der Waals surface area contributed by atoms with E-state index >= 15 is 0 Å². The first kappa shape index (κ1) is 15.7. The fraction of sp³-hybridized carbons (Fsp3) is 0.250. The van der Waals surface area contributed by atoms with Crippen molar-refractivity contribution in [3.05, 3.63) is 41.3 Å². The molecule has 8 nitrogen and oxygen atoms in total. The van der Waals surface area contributed by atoms with E-state index < -0.39 is 18.5 Å². The molecule has 1 N–H and O–H groups in total. The van der Waals surface area contributed by atoms with E-state index in [0.717, 1.165) is 0 Å². The highest BCUT2D eigenvalue weighted by molar-refractivity contribution is 6.10. The number of esters is 1. The van der Waals surface area contributed by atoms with Crippen molar-refractivity contribution in [1.82, 2.24) is 5.16 Å². The average Bonchev–Trinajstić information content (AvgIpc) is 2.90. The number of hydrogen-bond acceptors (Lipinski definition) is 6. The molecular weight excluding hydrogens is 314 g/mol. The summed E-state index contributed by atoms with van der Waals surface area (Å²) in [7, 11) is 0. The predicted molar refractivity (Wildman–Crippen MR) is 83.7 cm³/mol. The van der Waals surface area contributed by atoms with Crippen molar-refractivity contribution in [2.45, 2.75) is 13.8 Å². The van der Waals surface area contributed by atoms with Crippen LogP contribution in [0.15, 0.2) is 28.8 Å². The first-order valence-electron chi connectivity index (χ1n) is 7.26. The van der Waals surface area contributed by atoms with Crippen LogP contribution in [0.2, 0.25) is 0 Å². The van der Waals surface area contributed by atoms with E-state index in [1.807, 2.05) is 0 Å². The van der Waals surface area contributed by atoms with Crippen LogP contribution in [-0.2, 0) is 14.3 Å². The van der Waals surface area contributed by atoms with Crippen LogP contribution in [0.4, 0.5) is 11.4 Å². The van der Waals surface area contributed by atoms with Crippen LogP contribution in [0, 0.1) is 13.8 Å². The van der Waals surface area contributed by atoms with Crippen molar-refractivity contribution >= 4 is 29.2 Å². The summed E-state index contributed by atoms with van der Waals surface area (Å²) < 4.78 is 9.95. The molecule has 0 saturated carbocycles. The summed E-state index contributed by atoms with van der Waals surface area (Å²) in [6, 6.07) is 6.92. The standard InChI is InChI=1S/C16H15N3O5/c1-9-15(10(2)24-18-9)16(22)23-8-14(21)19-7-13(20)17-11-5-3-4-6-12(11)19/h3-6H,7-8H2,1-2H3,(H,17,20). The molecule has 0 fully saturated rings. The normalized spacial score (nSPS) is 13.2. The molecule has 8 heteroatoms. The van der Waals surface area contributed by atoms with E-state index in [4.69, 9.17) is 9.26 Å². The minimum absolute atomic E-state index is 0.126. The second kappa shape index (κ2) is 6.15. The van der Waals surface area contributed by atoms with Gasteiger partial charge in [0.2, 0.25) is 5.91 Å². The van der Waals surface area contributed by atoms with Gasteiger partial charge in [-0.3, -0.25) is 14.5 Å². The molecular formula is C16H15N3O5. The van der Waals surface area contributed by atoms with E-state index in [0.29, 0.717) is 22.8 Å². The third-order valence-electron chi connectivity index (χ3n) is 3.64. The highest BCUT2D eigenvalue weighted by Gasteiger charge is 2.28. The molecule has 1 aliphatic heterocycles. The van der Waals surface area contributed by atoms with Crippen LogP contribution in [0.25, 0.3) is 0 Å². The molecule has 2 aromatic rings. The number of carbonyl (C=O) groups excluding carboxylic acids is 3. The van der Waals surface area contributed by atoms with Crippen LogP contribution in [0.3, 0.4) is 0 Å². The minimum Gasteiger partial charge on any atom is -0.452 e.